The van der Waals surface area contributed by atoms with E-state index < -0.39 is 12.4 Å². The monoisotopic (exact) mass is 241 g/mol. The second kappa shape index (κ2) is 6.22. The molecule has 1 N–H and O–H groups in total. The molecule has 1 atom stereocenters. The Morgan fingerprint density at radius 1 is 1.75 bits per heavy atom. The molecule has 0 aliphatic heterocycles. The zero-order valence-electron chi connectivity index (χ0n) is 6.96. The first-order valence-corrected chi connectivity index (χ1v) is 4.95. The smallest absolute Gasteiger partial charge is 0.409 e. The Labute approximate surface area is 79.7 Å². The van der Waals surface area contributed by atoms with Gasteiger partial charge in [0.05, 0.1) is 0 Å². The van der Waals surface area contributed by atoms with E-state index in [0.29, 0.717) is 11.8 Å². The van der Waals surface area contributed by atoms with Gasteiger partial charge in [0.25, 0.3) is 0 Å². The van der Waals surface area contributed by atoms with Crippen molar-refractivity contribution >= 4 is 22.0 Å². The number of carboxylic acid groups (broad SMARTS) is 1. The van der Waals surface area contributed by atoms with Gasteiger partial charge in [-0.3, -0.25) is 4.90 Å². The number of nitrogens with zero attached hydrogens (tertiary/aromatic N) is 1. The molecule has 0 spiro atoms. The molecule has 0 fully saturated rings. The van der Waals surface area contributed by atoms with Crippen LogP contribution in [0.25, 0.3) is 0 Å². The third-order valence-corrected chi connectivity index (χ3v) is 1.79. The van der Waals surface area contributed by atoms with Crippen LogP contribution >= 0.6 is 15.9 Å². The number of rotatable bonds is 5. The van der Waals surface area contributed by atoms with Gasteiger partial charge in [-0.05, 0) is 6.42 Å². The molecule has 1 unspecified atom stereocenters. The Morgan fingerprint density at radius 2 is 2.33 bits per heavy atom. The summed E-state index contributed by atoms with van der Waals surface area (Å²) in [6, 6.07) is 0. The average molecular weight is 242 g/mol. The summed E-state index contributed by atoms with van der Waals surface area (Å²) in [7, 11) is 0. The van der Waals surface area contributed by atoms with Crippen molar-refractivity contribution in [2.75, 3.05) is 11.9 Å². The third kappa shape index (κ3) is 3.90. The van der Waals surface area contributed by atoms with E-state index in [9.17, 15) is 9.18 Å². The number of hydrogen-bond donors (Lipinski definition) is 1. The number of hydrogen-bond acceptors (Lipinski definition) is 1. The molecule has 0 saturated heterocycles. The normalized spacial score (nSPS) is 12.6. The van der Waals surface area contributed by atoms with Crippen molar-refractivity contribution < 1.29 is 14.3 Å². The average Bonchev–Trinajstić information content (AvgIpc) is 1.99. The fraction of sp³-hybridized carbons (Fsp3) is 0.857. The van der Waals surface area contributed by atoms with E-state index in [1.54, 1.807) is 0 Å². The SMILES string of the molecule is CCCC(F)N(CCBr)C(=O)O. The fourth-order valence-corrected chi connectivity index (χ4v) is 1.22. The van der Waals surface area contributed by atoms with Crippen LogP contribution in [0.4, 0.5) is 9.18 Å². The summed E-state index contributed by atoms with van der Waals surface area (Å²) in [5.74, 6) is 0. The minimum Gasteiger partial charge on any atom is -0.465 e. The van der Waals surface area contributed by atoms with Gasteiger partial charge in [-0.1, -0.05) is 29.3 Å². The van der Waals surface area contributed by atoms with Crippen LogP contribution in [0.3, 0.4) is 0 Å². The van der Waals surface area contributed by atoms with Gasteiger partial charge in [-0.2, -0.15) is 0 Å². The highest BCUT2D eigenvalue weighted by Gasteiger charge is 2.20. The van der Waals surface area contributed by atoms with Crippen molar-refractivity contribution in [3.8, 4) is 0 Å². The van der Waals surface area contributed by atoms with Gasteiger partial charge >= 0.3 is 6.09 Å². The lowest BCUT2D eigenvalue weighted by atomic mass is 10.3. The minimum absolute atomic E-state index is 0.191. The molecule has 0 heterocycles. The standard InChI is InChI=1S/C7H13BrFNO2/c1-2-3-6(9)10(5-4-8)7(11)12/h6H,2-5H2,1H3,(H,11,12). The van der Waals surface area contributed by atoms with Gasteiger partial charge in [0.2, 0.25) is 0 Å². The summed E-state index contributed by atoms with van der Waals surface area (Å²) in [5.41, 5.74) is 0. The Balaban J connectivity index is 3.99. The fourth-order valence-electron chi connectivity index (χ4n) is 0.841. The molecule has 1 amide bonds. The Hall–Kier alpha value is -0.320. The van der Waals surface area contributed by atoms with E-state index in [-0.39, 0.29) is 13.0 Å². The molecular formula is C7H13BrFNO2. The maximum atomic E-state index is 13.0. The molecule has 72 valence electrons. The van der Waals surface area contributed by atoms with Crippen LogP contribution < -0.4 is 0 Å². The highest BCUT2D eigenvalue weighted by atomic mass is 79.9. The van der Waals surface area contributed by atoms with E-state index in [2.05, 4.69) is 15.9 Å². The lowest BCUT2D eigenvalue weighted by Crippen LogP contribution is -2.38. The molecule has 0 aromatic carbocycles. The maximum Gasteiger partial charge on any atom is 0.409 e. The van der Waals surface area contributed by atoms with Crippen LogP contribution in [0.1, 0.15) is 19.8 Å². The molecular weight excluding hydrogens is 229 g/mol. The highest BCUT2D eigenvalue weighted by Crippen LogP contribution is 2.08. The van der Waals surface area contributed by atoms with Gasteiger partial charge in [0, 0.05) is 11.9 Å². The number of amides is 1. The zero-order valence-corrected chi connectivity index (χ0v) is 8.55. The number of alkyl halides is 2. The number of halogens is 2. The van der Waals surface area contributed by atoms with E-state index in [0.717, 1.165) is 4.90 Å². The Morgan fingerprint density at radius 3 is 2.67 bits per heavy atom. The van der Waals surface area contributed by atoms with Gasteiger partial charge in [0.1, 0.15) is 0 Å². The summed E-state index contributed by atoms with van der Waals surface area (Å²) in [5, 5.41) is 9.03. The third-order valence-electron chi connectivity index (χ3n) is 1.44. The van der Waals surface area contributed by atoms with Crippen molar-refractivity contribution in [1.82, 2.24) is 4.90 Å². The Bertz CT molecular complexity index is 145. The first-order valence-electron chi connectivity index (χ1n) is 3.83. The van der Waals surface area contributed by atoms with E-state index in [1.165, 1.54) is 0 Å². The predicted octanol–water partition coefficient (Wildman–Crippen LogP) is 2.46. The van der Waals surface area contributed by atoms with Crippen molar-refractivity contribution in [3.05, 3.63) is 0 Å². The van der Waals surface area contributed by atoms with Crippen molar-refractivity contribution in [3.63, 3.8) is 0 Å². The molecule has 0 aliphatic carbocycles. The molecule has 0 saturated carbocycles. The van der Waals surface area contributed by atoms with Crippen LogP contribution in [0.5, 0.6) is 0 Å². The second-order valence-electron chi connectivity index (χ2n) is 2.39. The molecule has 0 aromatic heterocycles. The van der Waals surface area contributed by atoms with Crippen LogP contribution in [0, 0.1) is 0 Å². The lowest BCUT2D eigenvalue weighted by Gasteiger charge is -2.21. The maximum absolute atomic E-state index is 13.0. The summed E-state index contributed by atoms with van der Waals surface area (Å²) in [6.45, 7) is 2.01. The molecule has 0 rings (SSSR count). The van der Waals surface area contributed by atoms with Crippen LogP contribution in [-0.2, 0) is 0 Å². The zero-order chi connectivity index (χ0) is 9.56. The molecule has 3 nitrogen and oxygen atoms in total. The summed E-state index contributed by atoms with van der Waals surface area (Å²) in [4.78, 5) is 11.3. The van der Waals surface area contributed by atoms with Crippen molar-refractivity contribution in [2.45, 2.75) is 26.1 Å². The van der Waals surface area contributed by atoms with Crippen LogP contribution in [0.15, 0.2) is 0 Å². The molecule has 0 aliphatic rings. The Kier molecular flexibility index (Phi) is 6.06. The molecule has 0 aromatic rings. The van der Waals surface area contributed by atoms with Crippen LogP contribution in [0.2, 0.25) is 0 Å². The largest absolute Gasteiger partial charge is 0.465 e. The molecule has 0 bridgehead atoms. The molecule has 5 heteroatoms. The molecule has 12 heavy (non-hydrogen) atoms. The van der Waals surface area contributed by atoms with Crippen LogP contribution in [-0.4, -0.2) is 34.3 Å². The van der Waals surface area contributed by atoms with E-state index >= 15 is 0 Å². The van der Waals surface area contributed by atoms with Crippen molar-refractivity contribution in [1.29, 1.82) is 0 Å². The highest BCUT2D eigenvalue weighted by molar-refractivity contribution is 9.09. The quantitative estimate of drug-likeness (QED) is 0.594. The van der Waals surface area contributed by atoms with Gasteiger partial charge in [-0.15, -0.1) is 0 Å². The summed E-state index contributed by atoms with van der Waals surface area (Å²) < 4.78 is 13.0. The van der Waals surface area contributed by atoms with Gasteiger partial charge in [-0.25, -0.2) is 9.18 Å². The van der Waals surface area contributed by atoms with Crippen molar-refractivity contribution in [2.24, 2.45) is 0 Å². The second-order valence-corrected chi connectivity index (χ2v) is 3.18. The summed E-state index contributed by atoms with van der Waals surface area (Å²) in [6.07, 6.45) is -1.66. The van der Waals surface area contributed by atoms with E-state index in [4.69, 9.17) is 5.11 Å². The predicted molar refractivity (Wildman–Crippen MR) is 48.3 cm³/mol. The van der Waals surface area contributed by atoms with Gasteiger partial charge < -0.3 is 5.11 Å². The molecule has 0 radical (unpaired) electrons. The summed E-state index contributed by atoms with van der Waals surface area (Å²) >= 11 is 3.07. The first-order chi connectivity index (χ1) is 5.63. The lowest BCUT2D eigenvalue weighted by molar-refractivity contribution is 0.0712. The minimum atomic E-state index is -1.37. The number of carbonyl (C=O) groups is 1. The topological polar surface area (TPSA) is 40.5 Å². The first kappa shape index (κ1) is 11.7. The van der Waals surface area contributed by atoms with Gasteiger partial charge in [0.15, 0.2) is 6.30 Å². The van der Waals surface area contributed by atoms with E-state index in [1.807, 2.05) is 6.92 Å².